The molecule has 0 aliphatic carbocycles. The van der Waals surface area contributed by atoms with Crippen LogP contribution in [0.2, 0.25) is 0 Å². The summed E-state index contributed by atoms with van der Waals surface area (Å²) in [6, 6.07) is 8.62. The first-order valence-corrected chi connectivity index (χ1v) is 7.00. The molecule has 0 bridgehead atoms. The molecule has 110 valence electrons. The maximum Gasteiger partial charge on any atom is 0.269 e. The maximum atomic E-state index is 11.9. The number of tetrazole rings is 1. The fraction of sp³-hybridized carbons (Fsp3) is 0.250. The van der Waals surface area contributed by atoms with E-state index < -0.39 is 5.25 Å². The summed E-state index contributed by atoms with van der Waals surface area (Å²) < 4.78 is 1.47. The topological polar surface area (TPSA) is 102 Å². The number of amides is 2. The summed E-state index contributed by atoms with van der Waals surface area (Å²) in [6.45, 7) is 1.70. The SMILES string of the molecule is C[C@@H](Sc1nnnn1C)C(=O)NNC(=O)c1ccccc1. The lowest BCUT2D eigenvalue weighted by Crippen LogP contribution is -2.44. The lowest BCUT2D eigenvalue weighted by Gasteiger charge is -2.11. The number of hydrazine groups is 1. The molecule has 2 rings (SSSR count). The van der Waals surface area contributed by atoms with Gasteiger partial charge in [-0.1, -0.05) is 30.0 Å². The first-order valence-electron chi connectivity index (χ1n) is 6.12. The fourth-order valence-corrected chi connectivity index (χ4v) is 2.17. The van der Waals surface area contributed by atoms with Crippen LogP contribution >= 0.6 is 11.8 Å². The van der Waals surface area contributed by atoms with Gasteiger partial charge < -0.3 is 0 Å². The van der Waals surface area contributed by atoms with Crippen molar-refractivity contribution in [1.82, 2.24) is 31.1 Å². The van der Waals surface area contributed by atoms with E-state index in [2.05, 4.69) is 26.4 Å². The standard InChI is InChI=1S/C12H14N6O2S/c1-8(21-12-15-16-17-18(12)2)10(19)13-14-11(20)9-6-4-3-5-7-9/h3-8H,1-2H3,(H,13,19)(H,14,20)/t8-/m1/s1. The van der Waals surface area contributed by atoms with Crippen molar-refractivity contribution < 1.29 is 9.59 Å². The van der Waals surface area contributed by atoms with E-state index in [0.717, 1.165) is 0 Å². The van der Waals surface area contributed by atoms with Gasteiger partial charge in [-0.05, 0) is 29.5 Å². The largest absolute Gasteiger partial charge is 0.272 e. The number of aryl methyl sites for hydroxylation is 1. The Morgan fingerprint density at radius 3 is 2.57 bits per heavy atom. The number of benzene rings is 1. The van der Waals surface area contributed by atoms with Gasteiger partial charge >= 0.3 is 0 Å². The average Bonchev–Trinajstić information content (AvgIpc) is 2.90. The summed E-state index contributed by atoms with van der Waals surface area (Å²) in [5, 5.41) is 11.0. The number of thioether (sulfide) groups is 1. The minimum absolute atomic E-state index is 0.340. The van der Waals surface area contributed by atoms with E-state index in [1.807, 2.05) is 6.07 Å². The minimum Gasteiger partial charge on any atom is -0.272 e. The van der Waals surface area contributed by atoms with Gasteiger partial charge in [-0.3, -0.25) is 20.4 Å². The summed E-state index contributed by atoms with van der Waals surface area (Å²) >= 11 is 1.20. The molecule has 0 unspecified atom stereocenters. The summed E-state index contributed by atoms with van der Waals surface area (Å²) in [4.78, 5) is 23.7. The van der Waals surface area contributed by atoms with E-state index in [1.54, 1.807) is 38.2 Å². The molecule has 8 nitrogen and oxygen atoms in total. The van der Waals surface area contributed by atoms with Gasteiger partial charge in [0.05, 0.1) is 5.25 Å². The Morgan fingerprint density at radius 1 is 1.24 bits per heavy atom. The van der Waals surface area contributed by atoms with E-state index in [4.69, 9.17) is 0 Å². The quantitative estimate of drug-likeness (QED) is 0.616. The van der Waals surface area contributed by atoms with Crippen molar-refractivity contribution in [1.29, 1.82) is 0 Å². The van der Waals surface area contributed by atoms with Gasteiger partial charge in [-0.25, -0.2) is 4.68 Å². The molecule has 21 heavy (non-hydrogen) atoms. The molecule has 2 N–H and O–H groups in total. The monoisotopic (exact) mass is 306 g/mol. The van der Waals surface area contributed by atoms with Crippen molar-refractivity contribution in [3.63, 3.8) is 0 Å². The molecule has 0 radical (unpaired) electrons. The third-order valence-corrected chi connectivity index (χ3v) is 3.69. The number of carbonyl (C=O) groups is 2. The molecule has 0 aliphatic heterocycles. The van der Waals surface area contributed by atoms with Crippen molar-refractivity contribution in [3.05, 3.63) is 35.9 Å². The molecule has 0 aliphatic rings. The molecule has 0 saturated carbocycles. The second kappa shape index (κ2) is 6.84. The Labute approximate surface area is 125 Å². The van der Waals surface area contributed by atoms with E-state index in [0.29, 0.717) is 10.7 Å². The molecule has 0 spiro atoms. The van der Waals surface area contributed by atoms with Crippen LogP contribution in [0.3, 0.4) is 0 Å². The van der Waals surface area contributed by atoms with Crippen LogP contribution in [0.5, 0.6) is 0 Å². The lowest BCUT2D eigenvalue weighted by atomic mass is 10.2. The first-order chi connectivity index (χ1) is 10.1. The molecule has 1 atom stereocenters. The molecule has 1 aromatic carbocycles. The van der Waals surface area contributed by atoms with Crippen LogP contribution < -0.4 is 10.9 Å². The van der Waals surface area contributed by atoms with Crippen LogP contribution in [0.1, 0.15) is 17.3 Å². The Hall–Kier alpha value is -2.42. The summed E-state index contributed by atoms with van der Waals surface area (Å²) in [7, 11) is 1.68. The molecule has 1 heterocycles. The maximum absolute atomic E-state index is 11.9. The lowest BCUT2D eigenvalue weighted by molar-refractivity contribution is -0.121. The van der Waals surface area contributed by atoms with Gasteiger partial charge in [0.25, 0.3) is 11.8 Å². The van der Waals surface area contributed by atoms with E-state index in [-0.39, 0.29) is 11.8 Å². The molecule has 1 aromatic heterocycles. The Kier molecular flexibility index (Phi) is 4.88. The van der Waals surface area contributed by atoms with Gasteiger partial charge in [0.2, 0.25) is 5.16 Å². The Balaban J connectivity index is 1.84. The van der Waals surface area contributed by atoms with Gasteiger partial charge in [-0.15, -0.1) is 5.10 Å². The summed E-state index contributed by atoms with van der Waals surface area (Å²) in [5.41, 5.74) is 5.21. The number of carbonyl (C=O) groups excluding carboxylic acids is 2. The molecular formula is C12H14N6O2S. The van der Waals surface area contributed by atoms with Gasteiger partial charge in [0.15, 0.2) is 0 Å². The number of nitrogens with one attached hydrogen (secondary N) is 2. The van der Waals surface area contributed by atoms with Crippen molar-refractivity contribution in [2.45, 2.75) is 17.3 Å². The zero-order chi connectivity index (χ0) is 15.2. The normalized spacial score (nSPS) is 11.7. The number of nitrogens with zero attached hydrogens (tertiary/aromatic N) is 4. The first kappa shape index (κ1) is 15.0. The zero-order valence-corrected chi connectivity index (χ0v) is 12.3. The van der Waals surface area contributed by atoms with Gasteiger partial charge in [0.1, 0.15) is 0 Å². The zero-order valence-electron chi connectivity index (χ0n) is 11.5. The Bertz CT molecular complexity index is 630. The second-order valence-electron chi connectivity index (χ2n) is 4.15. The molecule has 0 saturated heterocycles. The highest BCUT2D eigenvalue weighted by molar-refractivity contribution is 8.00. The number of hydrogen-bond donors (Lipinski definition) is 2. The highest BCUT2D eigenvalue weighted by Gasteiger charge is 2.18. The average molecular weight is 306 g/mol. The van der Waals surface area contributed by atoms with E-state index in [9.17, 15) is 9.59 Å². The van der Waals surface area contributed by atoms with Crippen LogP contribution in [-0.4, -0.2) is 37.3 Å². The molecular weight excluding hydrogens is 292 g/mol. The third kappa shape index (κ3) is 4.02. The van der Waals surface area contributed by atoms with Crippen LogP contribution in [0.25, 0.3) is 0 Å². The van der Waals surface area contributed by atoms with Crippen LogP contribution in [0.15, 0.2) is 35.5 Å². The molecule has 2 amide bonds. The van der Waals surface area contributed by atoms with E-state index in [1.165, 1.54) is 16.4 Å². The summed E-state index contributed by atoms with van der Waals surface area (Å²) in [6.07, 6.45) is 0. The minimum atomic E-state index is -0.453. The van der Waals surface area contributed by atoms with Crippen LogP contribution in [-0.2, 0) is 11.8 Å². The van der Waals surface area contributed by atoms with Crippen molar-refractivity contribution in [2.75, 3.05) is 0 Å². The molecule has 2 aromatic rings. The van der Waals surface area contributed by atoms with Crippen molar-refractivity contribution in [2.24, 2.45) is 7.05 Å². The number of hydrogen-bond acceptors (Lipinski definition) is 6. The Morgan fingerprint density at radius 2 is 1.95 bits per heavy atom. The number of aromatic nitrogens is 4. The van der Waals surface area contributed by atoms with E-state index >= 15 is 0 Å². The van der Waals surface area contributed by atoms with Crippen LogP contribution in [0.4, 0.5) is 0 Å². The van der Waals surface area contributed by atoms with Crippen molar-refractivity contribution >= 4 is 23.6 Å². The van der Waals surface area contributed by atoms with Gasteiger partial charge in [0, 0.05) is 12.6 Å². The van der Waals surface area contributed by atoms with Crippen LogP contribution in [0, 0.1) is 0 Å². The highest BCUT2D eigenvalue weighted by atomic mass is 32.2. The third-order valence-electron chi connectivity index (χ3n) is 2.57. The predicted molar refractivity (Wildman–Crippen MR) is 76.2 cm³/mol. The molecule has 0 fully saturated rings. The molecule has 9 heteroatoms. The highest BCUT2D eigenvalue weighted by Crippen LogP contribution is 2.18. The summed E-state index contributed by atoms with van der Waals surface area (Å²) in [5.74, 6) is -0.714. The second-order valence-corrected chi connectivity index (χ2v) is 5.46. The predicted octanol–water partition coefficient (Wildman–Crippen LogP) is 0.152. The van der Waals surface area contributed by atoms with Gasteiger partial charge in [-0.2, -0.15) is 0 Å². The fourth-order valence-electron chi connectivity index (χ4n) is 1.41. The number of rotatable bonds is 4. The smallest absolute Gasteiger partial charge is 0.269 e. The van der Waals surface area contributed by atoms with Crippen molar-refractivity contribution in [3.8, 4) is 0 Å².